The van der Waals surface area contributed by atoms with Gasteiger partial charge in [0.2, 0.25) is 0 Å². The molecule has 17 heavy (non-hydrogen) atoms. The summed E-state index contributed by atoms with van der Waals surface area (Å²) in [6, 6.07) is 0. The van der Waals surface area contributed by atoms with E-state index < -0.39 is 0 Å². The molecule has 1 unspecified atom stereocenters. The first-order chi connectivity index (χ1) is 8.13. The van der Waals surface area contributed by atoms with Gasteiger partial charge in [-0.1, -0.05) is 11.6 Å². The Bertz CT molecular complexity index is 385. The Kier molecular flexibility index (Phi) is 4.34. The number of rotatable bonds is 6. The maximum atomic E-state index is 6.25. The average molecular weight is 276 g/mol. The fraction of sp³-hybridized carbons (Fsp3) is 0.750. The Morgan fingerprint density at radius 1 is 1.53 bits per heavy atom. The molecular formula is C12H19Cl2N3. The third-order valence-electron chi connectivity index (χ3n) is 3.22. The van der Waals surface area contributed by atoms with Gasteiger partial charge in [0.05, 0.1) is 16.4 Å². The molecule has 0 saturated heterocycles. The number of hydrogen-bond acceptors (Lipinski definition) is 2. The second-order valence-corrected chi connectivity index (χ2v) is 5.58. The summed E-state index contributed by atoms with van der Waals surface area (Å²) in [6.45, 7) is 6.44. The van der Waals surface area contributed by atoms with Gasteiger partial charge in [-0.15, -0.1) is 11.6 Å². The molecule has 0 spiro atoms. The predicted octanol–water partition coefficient (Wildman–Crippen LogP) is 2.97. The van der Waals surface area contributed by atoms with Crippen LogP contribution in [0.25, 0.3) is 0 Å². The van der Waals surface area contributed by atoms with Crippen LogP contribution in [-0.4, -0.2) is 21.7 Å². The van der Waals surface area contributed by atoms with Crippen molar-refractivity contribution in [3.05, 3.63) is 16.4 Å². The summed E-state index contributed by atoms with van der Waals surface area (Å²) in [5.41, 5.74) is 1.96. The van der Waals surface area contributed by atoms with Crippen LogP contribution < -0.4 is 5.32 Å². The SMILES string of the molecule is CCn1nc(C)c(Cl)c1CNCC(Cl)C1CC1. The minimum atomic E-state index is 0.257. The molecule has 1 atom stereocenters. The van der Waals surface area contributed by atoms with Crippen molar-refractivity contribution in [1.82, 2.24) is 15.1 Å². The maximum Gasteiger partial charge on any atom is 0.0860 e. The van der Waals surface area contributed by atoms with Crippen molar-refractivity contribution in [3.8, 4) is 0 Å². The van der Waals surface area contributed by atoms with Gasteiger partial charge >= 0.3 is 0 Å². The van der Waals surface area contributed by atoms with Crippen molar-refractivity contribution in [2.24, 2.45) is 5.92 Å². The van der Waals surface area contributed by atoms with Crippen molar-refractivity contribution in [2.45, 2.75) is 45.2 Å². The van der Waals surface area contributed by atoms with Gasteiger partial charge in [0.15, 0.2) is 0 Å². The topological polar surface area (TPSA) is 29.9 Å². The lowest BCUT2D eigenvalue weighted by Gasteiger charge is -2.10. The van der Waals surface area contributed by atoms with Crippen LogP contribution in [0.3, 0.4) is 0 Å². The van der Waals surface area contributed by atoms with Crippen molar-refractivity contribution in [2.75, 3.05) is 6.54 Å². The number of halogens is 2. The summed E-state index contributed by atoms with van der Waals surface area (Å²) in [6.07, 6.45) is 2.56. The first-order valence-electron chi connectivity index (χ1n) is 6.20. The quantitative estimate of drug-likeness (QED) is 0.809. The zero-order valence-electron chi connectivity index (χ0n) is 10.3. The second kappa shape index (κ2) is 5.59. The Hall–Kier alpha value is -0.250. The van der Waals surface area contributed by atoms with Crippen LogP contribution in [0.2, 0.25) is 5.02 Å². The second-order valence-electron chi connectivity index (χ2n) is 4.65. The summed E-state index contributed by atoms with van der Waals surface area (Å²) in [5.74, 6) is 0.720. The van der Waals surface area contributed by atoms with Crippen molar-refractivity contribution in [1.29, 1.82) is 0 Å². The first kappa shape index (κ1) is 13.2. The van der Waals surface area contributed by atoms with Gasteiger partial charge in [0, 0.05) is 25.0 Å². The molecule has 0 bridgehead atoms. The molecule has 3 nitrogen and oxygen atoms in total. The molecule has 1 aliphatic rings. The van der Waals surface area contributed by atoms with E-state index in [2.05, 4.69) is 17.3 Å². The number of aromatic nitrogens is 2. The van der Waals surface area contributed by atoms with Gasteiger partial charge in [-0.25, -0.2) is 0 Å². The highest BCUT2D eigenvalue weighted by Crippen LogP contribution is 2.35. The van der Waals surface area contributed by atoms with Gasteiger partial charge in [-0.2, -0.15) is 5.10 Å². The van der Waals surface area contributed by atoms with Gasteiger partial charge in [-0.05, 0) is 32.6 Å². The minimum Gasteiger partial charge on any atom is -0.310 e. The molecule has 96 valence electrons. The molecule has 1 N–H and O–H groups in total. The van der Waals surface area contributed by atoms with Crippen LogP contribution in [0, 0.1) is 12.8 Å². The highest BCUT2D eigenvalue weighted by Gasteiger charge is 2.29. The number of alkyl halides is 1. The molecule has 2 rings (SSSR count). The standard InChI is InChI=1S/C12H19Cl2N3/c1-3-17-11(12(14)8(2)16-17)7-15-6-10(13)9-4-5-9/h9-10,15H,3-7H2,1-2H3. The van der Waals surface area contributed by atoms with Crippen LogP contribution in [0.15, 0.2) is 0 Å². The first-order valence-corrected chi connectivity index (χ1v) is 7.01. The smallest absolute Gasteiger partial charge is 0.0860 e. The van der Waals surface area contributed by atoms with Crippen molar-refractivity contribution < 1.29 is 0 Å². The third kappa shape index (κ3) is 3.15. The fourth-order valence-electron chi connectivity index (χ4n) is 1.99. The molecule has 1 aromatic rings. The molecule has 1 heterocycles. The highest BCUT2D eigenvalue weighted by atomic mass is 35.5. The van der Waals surface area contributed by atoms with Gasteiger partial charge in [0.1, 0.15) is 0 Å². The van der Waals surface area contributed by atoms with E-state index in [9.17, 15) is 0 Å². The van der Waals surface area contributed by atoms with E-state index in [1.165, 1.54) is 12.8 Å². The molecule has 0 amide bonds. The Labute approximate surface area is 112 Å². The molecule has 0 radical (unpaired) electrons. The van der Waals surface area contributed by atoms with Gasteiger partial charge in [0.25, 0.3) is 0 Å². The lowest BCUT2D eigenvalue weighted by molar-refractivity contribution is 0.563. The number of nitrogens with one attached hydrogen (secondary N) is 1. The van der Waals surface area contributed by atoms with Crippen molar-refractivity contribution in [3.63, 3.8) is 0 Å². The normalized spacial score (nSPS) is 17.4. The summed E-state index contributed by atoms with van der Waals surface area (Å²) in [7, 11) is 0. The predicted molar refractivity (Wildman–Crippen MR) is 71.7 cm³/mol. The van der Waals surface area contributed by atoms with Crippen LogP contribution >= 0.6 is 23.2 Å². The Morgan fingerprint density at radius 2 is 2.24 bits per heavy atom. The Balaban J connectivity index is 1.88. The summed E-state index contributed by atoms with van der Waals surface area (Å²) < 4.78 is 1.95. The zero-order chi connectivity index (χ0) is 12.4. The monoisotopic (exact) mass is 275 g/mol. The lowest BCUT2D eigenvalue weighted by atomic mass is 10.3. The van der Waals surface area contributed by atoms with Crippen LogP contribution in [0.1, 0.15) is 31.2 Å². The molecule has 0 aromatic carbocycles. The summed E-state index contributed by atoms with van der Waals surface area (Å²) in [5, 5.41) is 8.79. The number of hydrogen-bond donors (Lipinski definition) is 1. The highest BCUT2D eigenvalue weighted by molar-refractivity contribution is 6.31. The van der Waals surface area contributed by atoms with Crippen molar-refractivity contribution >= 4 is 23.2 Å². The van der Waals surface area contributed by atoms with E-state index in [0.717, 1.165) is 42.0 Å². The molecule has 1 aliphatic carbocycles. The van der Waals surface area contributed by atoms with Gasteiger partial charge in [-0.3, -0.25) is 4.68 Å². The summed E-state index contributed by atoms with van der Waals surface area (Å²) in [4.78, 5) is 0. The largest absolute Gasteiger partial charge is 0.310 e. The lowest BCUT2D eigenvalue weighted by Crippen LogP contribution is -2.25. The van der Waals surface area contributed by atoms with Crippen LogP contribution in [0.5, 0.6) is 0 Å². The number of nitrogens with zero attached hydrogens (tertiary/aromatic N) is 2. The molecule has 0 aliphatic heterocycles. The minimum absolute atomic E-state index is 0.257. The molecule has 1 saturated carbocycles. The van der Waals surface area contributed by atoms with E-state index >= 15 is 0 Å². The third-order valence-corrected chi connectivity index (χ3v) is 4.22. The molecule has 1 aromatic heterocycles. The number of aryl methyl sites for hydroxylation is 2. The van der Waals surface area contributed by atoms with E-state index in [0.29, 0.717) is 0 Å². The van der Waals surface area contributed by atoms with Gasteiger partial charge < -0.3 is 5.32 Å². The van der Waals surface area contributed by atoms with Crippen LogP contribution in [-0.2, 0) is 13.1 Å². The van der Waals surface area contributed by atoms with Crippen LogP contribution in [0.4, 0.5) is 0 Å². The average Bonchev–Trinajstić information content (AvgIpc) is 3.11. The zero-order valence-corrected chi connectivity index (χ0v) is 11.9. The summed E-state index contributed by atoms with van der Waals surface area (Å²) >= 11 is 12.5. The van der Waals surface area contributed by atoms with E-state index in [1.807, 2.05) is 11.6 Å². The molecular weight excluding hydrogens is 257 g/mol. The van der Waals surface area contributed by atoms with E-state index in [1.54, 1.807) is 0 Å². The molecule has 1 fully saturated rings. The van der Waals surface area contributed by atoms with E-state index in [-0.39, 0.29) is 5.38 Å². The maximum absolute atomic E-state index is 6.25. The molecule has 5 heteroatoms. The fourth-order valence-corrected chi connectivity index (χ4v) is 2.55. The Morgan fingerprint density at radius 3 is 2.82 bits per heavy atom. The van der Waals surface area contributed by atoms with E-state index in [4.69, 9.17) is 23.2 Å².